The molecular weight excluding hydrogens is 241 g/mol. The molecule has 2 aromatic rings. The van der Waals surface area contributed by atoms with Crippen LogP contribution in [0.1, 0.15) is 11.1 Å². The number of nitrogens with two attached hydrogens (primary N) is 1. The molecule has 0 spiro atoms. The topological polar surface area (TPSA) is 50.9 Å². The Balaban J connectivity index is 2.09. The molecule has 0 amide bonds. The molecule has 2 rings (SSSR count). The van der Waals surface area contributed by atoms with Gasteiger partial charge in [-0.3, -0.25) is 4.98 Å². The van der Waals surface area contributed by atoms with Crippen LogP contribution in [0.25, 0.3) is 0 Å². The molecule has 1 aromatic heterocycles. The minimum absolute atomic E-state index is 0.128. The van der Waals surface area contributed by atoms with E-state index in [1.54, 1.807) is 24.5 Å². The van der Waals surface area contributed by atoms with Crippen molar-refractivity contribution in [3.05, 3.63) is 59.7 Å². The van der Waals surface area contributed by atoms with Crippen LogP contribution in [-0.2, 0) is 12.8 Å². The maximum Gasteiger partial charge on any atom is 0.126 e. The molecule has 1 aromatic carbocycles. The molecule has 3 nitrogen and oxygen atoms in total. The number of nitrogens with one attached hydrogen (secondary N) is 1. The van der Waals surface area contributed by atoms with E-state index in [1.165, 1.54) is 6.07 Å². The summed E-state index contributed by atoms with van der Waals surface area (Å²) in [5.41, 5.74) is 8.33. The van der Waals surface area contributed by atoms with Gasteiger partial charge in [-0.2, -0.15) is 0 Å². The number of hydrogen-bond acceptors (Lipinski definition) is 3. The number of likely N-dealkylation sites (N-methyl/N-ethyl adjacent to an activating group) is 1. The zero-order valence-electron chi connectivity index (χ0n) is 10.9. The van der Waals surface area contributed by atoms with Gasteiger partial charge in [-0.1, -0.05) is 18.2 Å². The second-order valence-electron chi connectivity index (χ2n) is 4.56. The second-order valence-corrected chi connectivity index (χ2v) is 4.56. The van der Waals surface area contributed by atoms with Gasteiger partial charge < -0.3 is 11.1 Å². The fourth-order valence-corrected chi connectivity index (χ4v) is 2.08. The normalized spacial score (nSPS) is 12.3. The largest absolute Gasteiger partial charge is 0.398 e. The van der Waals surface area contributed by atoms with Crippen LogP contribution in [0.4, 0.5) is 10.1 Å². The summed E-state index contributed by atoms with van der Waals surface area (Å²) in [6.45, 7) is 0. The Morgan fingerprint density at radius 3 is 2.63 bits per heavy atom. The van der Waals surface area contributed by atoms with Crippen molar-refractivity contribution in [1.29, 1.82) is 0 Å². The van der Waals surface area contributed by atoms with Crippen LogP contribution in [-0.4, -0.2) is 18.1 Å². The number of anilines is 1. The average molecular weight is 259 g/mol. The van der Waals surface area contributed by atoms with Crippen LogP contribution >= 0.6 is 0 Å². The standard InChI is InChI=1S/C15H18FN3/c1-18-13(8-11-4-2-3-5-14(11)16)9-12-10-19-7-6-15(12)17/h2-7,10,13,18H,8-9H2,1H3,(H2,17,19). The van der Waals surface area contributed by atoms with E-state index in [0.717, 1.165) is 17.7 Å². The van der Waals surface area contributed by atoms with E-state index in [0.29, 0.717) is 12.0 Å². The Labute approximate surface area is 112 Å². The fraction of sp³-hybridized carbons (Fsp3) is 0.267. The third-order valence-corrected chi connectivity index (χ3v) is 3.24. The van der Waals surface area contributed by atoms with Gasteiger partial charge in [-0.15, -0.1) is 0 Å². The molecule has 100 valence electrons. The van der Waals surface area contributed by atoms with Gasteiger partial charge in [0.05, 0.1) is 0 Å². The summed E-state index contributed by atoms with van der Waals surface area (Å²) in [7, 11) is 1.87. The maximum atomic E-state index is 13.6. The first-order valence-corrected chi connectivity index (χ1v) is 6.29. The summed E-state index contributed by atoms with van der Waals surface area (Å²) >= 11 is 0. The summed E-state index contributed by atoms with van der Waals surface area (Å²) in [6.07, 6.45) is 4.78. The molecule has 4 heteroatoms. The number of benzene rings is 1. The van der Waals surface area contributed by atoms with E-state index >= 15 is 0 Å². The molecule has 0 saturated carbocycles. The van der Waals surface area contributed by atoms with E-state index in [9.17, 15) is 4.39 Å². The van der Waals surface area contributed by atoms with Crippen molar-refractivity contribution in [3.8, 4) is 0 Å². The molecule has 0 fully saturated rings. The first-order valence-electron chi connectivity index (χ1n) is 6.29. The highest BCUT2D eigenvalue weighted by Gasteiger charge is 2.12. The number of rotatable bonds is 5. The third kappa shape index (κ3) is 3.51. The molecule has 0 aliphatic rings. The van der Waals surface area contributed by atoms with E-state index in [2.05, 4.69) is 10.3 Å². The third-order valence-electron chi connectivity index (χ3n) is 3.24. The molecule has 1 unspecified atom stereocenters. The summed E-state index contributed by atoms with van der Waals surface area (Å²) in [6, 6.07) is 8.76. The Bertz CT molecular complexity index is 495. The van der Waals surface area contributed by atoms with Crippen LogP contribution < -0.4 is 11.1 Å². The van der Waals surface area contributed by atoms with Crippen LogP contribution in [0, 0.1) is 5.82 Å². The highest BCUT2D eigenvalue weighted by molar-refractivity contribution is 5.44. The maximum absolute atomic E-state index is 13.6. The van der Waals surface area contributed by atoms with Crippen LogP contribution in [0.3, 0.4) is 0 Å². The number of aromatic nitrogens is 1. The van der Waals surface area contributed by atoms with Crippen molar-refractivity contribution in [2.75, 3.05) is 12.8 Å². The molecular formula is C15H18FN3. The van der Waals surface area contributed by atoms with Crippen molar-refractivity contribution >= 4 is 5.69 Å². The first-order chi connectivity index (χ1) is 9.20. The first kappa shape index (κ1) is 13.5. The SMILES string of the molecule is CNC(Cc1cnccc1N)Cc1ccccc1F. The van der Waals surface area contributed by atoms with Gasteiger partial charge in [0, 0.05) is 24.1 Å². The van der Waals surface area contributed by atoms with E-state index in [4.69, 9.17) is 5.73 Å². The highest BCUT2D eigenvalue weighted by atomic mass is 19.1. The molecule has 1 heterocycles. The average Bonchev–Trinajstić information content (AvgIpc) is 2.42. The van der Waals surface area contributed by atoms with Crippen LogP contribution in [0.2, 0.25) is 0 Å². The lowest BCUT2D eigenvalue weighted by Gasteiger charge is -2.17. The lowest BCUT2D eigenvalue weighted by Crippen LogP contribution is -2.30. The minimum atomic E-state index is -0.165. The minimum Gasteiger partial charge on any atom is -0.398 e. The van der Waals surface area contributed by atoms with E-state index in [-0.39, 0.29) is 11.9 Å². The number of halogens is 1. The summed E-state index contributed by atoms with van der Waals surface area (Å²) in [5, 5.41) is 3.20. The summed E-state index contributed by atoms with van der Waals surface area (Å²) < 4.78 is 13.6. The van der Waals surface area contributed by atoms with Gasteiger partial charge in [-0.25, -0.2) is 4.39 Å². The van der Waals surface area contributed by atoms with E-state index in [1.807, 2.05) is 19.2 Å². The lowest BCUT2D eigenvalue weighted by atomic mass is 9.99. The zero-order valence-corrected chi connectivity index (χ0v) is 10.9. The molecule has 0 radical (unpaired) electrons. The van der Waals surface area contributed by atoms with Crippen LogP contribution in [0.5, 0.6) is 0 Å². The predicted molar refractivity (Wildman–Crippen MR) is 75.3 cm³/mol. The van der Waals surface area contributed by atoms with Crippen LogP contribution in [0.15, 0.2) is 42.7 Å². The highest BCUT2D eigenvalue weighted by Crippen LogP contribution is 2.15. The predicted octanol–water partition coefficient (Wildman–Crippen LogP) is 2.18. The monoisotopic (exact) mass is 259 g/mol. The van der Waals surface area contributed by atoms with Gasteiger partial charge in [0.2, 0.25) is 0 Å². The smallest absolute Gasteiger partial charge is 0.126 e. The van der Waals surface area contributed by atoms with Gasteiger partial charge in [-0.05, 0) is 43.1 Å². The number of hydrogen-bond donors (Lipinski definition) is 2. The Hall–Kier alpha value is -1.94. The van der Waals surface area contributed by atoms with Gasteiger partial charge in [0.25, 0.3) is 0 Å². The Kier molecular flexibility index (Phi) is 4.47. The van der Waals surface area contributed by atoms with Gasteiger partial charge >= 0.3 is 0 Å². The van der Waals surface area contributed by atoms with Crippen molar-refractivity contribution in [3.63, 3.8) is 0 Å². The molecule has 3 N–H and O–H groups in total. The zero-order chi connectivity index (χ0) is 13.7. The summed E-state index contributed by atoms with van der Waals surface area (Å²) in [4.78, 5) is 4.08. The lowest BCUT2D eigenvalue weighted by molar-refractivity contribution is 0.532. The number of pyridine rings is 1. The second kappa shape index (κ2) is 6.29. The van der Waals surface area contributed by atoms with Gasteiger partial charge in [0.1, 0.15) is 5.82 Å². The Morgan fingerprint density at radius 2 is 1.95 bits per heavy atom. The van der Waals surface area contributed by atoms with Crippen molar-refractivity contribution in [2.24, 2.45) is 0 Å². The Morgan fingerprint density at radius 1 is 1.21 bits per heavy atom. The molecule has 0 aliphatic carbocycles. The molecule has 0 bridgehead atoms. The molecule has 19 heavy (non-hydrogen) atoms. The quantitative estimate of drug-likeness (QED) is 0.865. The van der Waals surface area contributed by atoms with Crippen molar-refractivity contribution < 1.29 is 4.39 Å². The van der Waals surface area contributed by atoms with Crippen molar-refractivity contribution in [1.82, 2.24) is 10.3 Å². The van der Waals surface area contributed by atoms with E-state index < -0.39 is 0 Å². The summed E-state index contributed by atoms with van der Waals surface area (Å²) in [5.74, 6) is -0.165. The fourth-order valence-electron chi connectivity index (χ4n) is 2.08. The molecule has 0 aliphatic heterocycles. The van der Waals surface area contributed by atoms with Crippen molar-refractivity contribution in [2.45, 2.75) is 18.9 Å². The van der Waals surface area contributed by atoms with Gasteiger partial charge in [0.15, 0.2) is 0 Å². The number of nitrogens with zero attached hydrogens (tertiary/aromatic N) is 1. The molecule has 1 atom stereocenters. The molecule has 0 saturated heterocycles. The number of nitrogen functional groups attached to an aromatic ring is 1.